The maximum absolute atomic E-state index is 11.6. The molecule has 0 spiro atoms. The number of rotatable bonds is 31. The van der Waals surface area contributed by atoms with Crippen molar-refractivity contribution in [1.29, 1.82) is 0 Å². The van der Waals surface area contributed by atoms with Crippen LogP contribution in [0.1, 0.15) is 137 Å². The Balaban J connectivity index is 0.000000168. The molecule has 644 valence electrons. The normalized spacial score (nSPS) is 19.0. The number of nitro groups is 4. The van der Waals surface area contributed by atoms with Crippen LogP contribution in [0.5, 0.6) is 5.75 Å². The molecular weight excluding hydrogens is 1580 g/mol. The molecule has 5 aliphatic rings. The third kappa shape index (κ3) is 27.3. The van der Waals surface area contributed by atoms with E-state index in [4.69, 9.17) is 50.9 Å². The summed E-state index contributed by atoms with van der Waals surface area (Å²) in [6, 6.07) is 26.2. The van der Waals surface area contributed by atoms with Crippen LogP contribution in [0, 0.1) is 64.1 Å². The molecule has 0 unspecified atom stereocenters. The van der Waals surface area contributed by atoms with E-state index < -0.39 is 19.7 Å². The van der Waals surface area contributed by atoms with Gasteiger partial charge in [0.1, 0.15) is 30.5 Å². The van der Waals surface area contributed by atoms with Crippen molar-refractivity contribution < 1.29 is 29.2 Å². The lowest BCUT2D eigenvalue weighted by molar-refractivity contribution is -0.384. The quantitative estimate of drug-likeness (QED) is 0.0142. The molecule has 16 N–H and O–H groups in total. The maximum atomic E-state index is 11.6. The number of nitrogens with one attached hydrogen (secondary N) is 8. The largest absolute Gasteiger partial charge is 0.493 e. The molecule has 4 fully saturated rings. The standard InChI is InChI=1S/C21H29N7O3.2C20H28ClN7O2.C20H26N6O3/c1-14(29)27(2)18-5-3-4-16(10-18)12-24-21-25-13-19(28(30)31)20(26-21)23-11-15-6-8-17(22)9-7-15;1-27(2)16-7-8-17(21)14(9-16)11-24-20-25-12-18(28(29)30)19(26-20)23-10-13-3-5-15(22)6-4-13;1-27(2)16-5-3-4-14(18(16)21)11-24-20-25-12-17(28(29)30)19(26-20)23-10-13-6-8-15(22)9-7-13;21-16-4-1-13(2-5-16)10-22-19-17(26(27)28)12-24-20(25-19)23-11-14-3-6-18-15(9-14)7-8-29-18/h3-5,10,13,15,17H,6-9,11-12,22H2,1-2H3,(H2,23,24,25,26);7-9,12-13,15H,3-6,10-11,22H2,1-2H3,(H2,23,24,25,26);3-5,12-13,15H,6-11,22H2,1-2H3,(H2,23,24,25,26);3,6,9,12-13,16H,1-2,4-5,7-8,10-11,21H2,(H2,22,23,24,25). The Hall–Kier alpha value is -11.5. The SMILES string of the molecule is CC(=O)N(C)c1cccc(CNc2ncc([N+](=O)[O-])c(NCC3CCC(N)CC3)n2)c1.CN(C)c1ccc(Cl)c(CNc2ncc([N+](=O)[O-])c(NCC3CCC(N)CC3)n2)c1.CN(C)c1cccc(CNc2ncc([N+](=O)[O-])c(NCC3CCC(N)CC3)n2)c1Cl.NC1CCC(CNc2nc(NCc3ccc4c(c3)CCO4)ncc2[N+](=O)[O-])CC1. The number of ether oxygens (including phenoxy) is 1. The Bertz CT molecular complexity index is 4670. The number of carbonyl (C=O) groups excluding carboxylic acids is 1. The van der Waals surface area contributed by atoms with E-state index >= 15 is 0 Å². The predicted molar refractivity (Wildman–Crippen MR) is 470 cm³/mol. The van der Waals surface area contributed by atoms with Gasteiger partial charge in [0.15, 0.2) is 0 Å². The Labute approximate surface area is 707 Å². The molecule has 0 saturated heterocycles. The number of amides is 1. The molecule has 0 bridgehead atoms. The van der Waals surface area contributed by atoms with E-state index in [0.29, 0.717) is 110 Å². The molecule has 37 nitrogen and oxygen atoms in total. The first-order chi connectivity index (χ1) is 57.6. The van der Waals surface area contributed by atoms with Crippen molar-refractivity contribution in [2.75, 3.05) is 125 Å². The van der Waals surface area contributed by atoms with E-state index in [9.17, 15) is 45.3 Å². The fourth-order valence-electron chi connectivity index (χ4n) is 14.6. The summed E-state index contributed by atoms with van der Waals surface area (Å²) in [7, 11) is 9.48. The van der Waals surface area contributed by atoms with E-state index in [-0.39, 0.29) is 76.1 Å². The summed E-state index contributed by atoms with van der Waals surface area (Å²) >= 11 is 12.8. The number of anilines is 11. The minimum absolute atomic E-state index is 0.0560. The zero-order valence-electron chi connectivity index (χ0n) is 68.7. The van der Waals surface area contributed by atoms with Crippen LogP contribution in [0.3, 0.4) is 0 Å². The first-order valence-corrected chi connectivity index (χ1v) is 41.3. The number of halogens is 2. The van der Waals surface area contributed by atoms with Crippen molar-refractivity contribution in [2.45, 2.75) is 166 Å². The number of aromatic nitrogens is 8. The van der Waals surface area contributed by atoms with Gasteiger partial charge >= 0.3 is 22.7 Å². The Morgan fingerprint density at radius 1 is 0.442 bits per heavy atom. The summed E-state index contributed by atoms with van der Waals surface area (Å²) in [5.41, 5.74) is 31.0. The molecule has 0 radical (unpaired) electrons. The van der Waals surface area contributed by atoms with Gasteiger partial charge in [-0.15, -0.1) is 0 Å². The van der Waals surface area contributed by atoms with E-state index in [2.05, 4.69) is 88.5 Å². The lowest BCUT2D eigenvalue weighted by Crippen LogP contribution is -2.29. The minimum Gasteiger partial charge on any atom is -0.493 e. The number of benzene rings is 4. The number of fused-ring (bicyclic) bond motifs is 1. The molecule has 39 heteroatoms. The lowest BCUT2D eigenvalue weighted by atomic mass is 9.86. The summed E-state index contributed by atoms with van der Waals surface area (Å²) in [6.45, 7) is 6.49. The van der Waals surface area contributed by atoms with Crippen LogP contribution in [0.25, 0.3) is 0 Å². The Morgan fingerprint density at radius 2 is 0.817 bits per heavy atom. The average molecular weight is 1690 g/mol. The fraction of sp³-hybridized carbons (Fsp3) is 0.494. The molecule has 13 rings (SSSR count). The highest BCUT2D eigenvalue weighted by atomic mass is 35.5. The first kappa shape index (κ1) is 90.8. The highest BCUT2D eigenvalue weighted by molar-refractivity contribution is 6.34. The highest BCUT2D eigenvalue weighted by Crippen LogP contribution is 2.35. The second-order valence-electron chi connectivity index (χ2n) is 31.4. The van der Waals surface area contributed by atoms with E-state index in [1.54, 1.807) is 11.9 Å². The number of nitrogens with zero attached hydrogens (tertiary/aromatic N) is 15. The zero-order chi connectivity index (χ0) is 85.9. The Morgan fingerprint density at radius 3 is 1.19 bits per heavy atom. The number of hydrogen-bond acceptors (Lipinski definition) is 32. The van der Waals surface area contributed by atoms with Gasteiger partial charge in [-0.3, -0.25) is 45.3 Å². The molecule has 8 aromatic rings. The summed E-state index contributed by atoms with van der Waals surface area (Å²) in [5, 5.41) is 71.8. The molecular formula is C81H111Cl2N27O10. The van der Waals surface area contributed by atoms with Gasteiger partial charge in [0.2, 0.25) is 53.0 Å². The van der Waals surface area contributed by atoms with E-state index in [0.717, 1.165) is 161 Å². The van der Waals surface area contributed by atoms with Crippen LogP contribution in [-0.4, -0.2) is 158 Å². The average Bonchev–Trinajstić information content (AvgIpc) is 1.09. The molecule has 4 aromatic carbocycles. The van der Waals surface area contributed by atoms with Gasteiger partial charge in [-0.2, -0.15) is 19.9 Å². The van der Waals surface area contributed by atoms with E-state index in [1.807, 2.05) is 111 Å². The van der Waals surface area contributed by atoms with Crippen LogP contribution in [0.4, 0.5) is 86.9 Å². The Kier molecular flexibility index (Phi) is 33.7. The van der Waals surface area contributed by atoms with Gasteiger partial charge in [0.25, 0.3) is 0 Å². The summed E-state index contributed by atoms with van der Waals surface area (Å²) in [5.74, 6) is 4.81. The van der Waals surface area contributed by atoms with Gasteiger partial charge in [-0.1, -0.05) is 59.6 Å². The van der Waals surface area contributed by atoms with Crippen molar-refractivity contribution in [1.82, 2.24) is 39.9 Å². The molecule has 4 aliphatic carbocycles. The third-order valence-corrected chi connectivity index (χ3v) is 22.9. The van der Waals surface area contributed by atoms with Gasteiger partial charge < -0.3 is 84.9 Å². The van der Waals surface area contributed by atoms with Crippen molar-refractivity contribution >= 4 is 116 Å². The van der Waals surface area contributed by atoms with Crippen molar-refractivity contribution in [2.24, 2.45) is 46.6 Å². The third-order valence-electron chi connectivity index (χ3n) is 22.0. The van der Waals surface area contributed by atoms with Crippen LogP contribution in [0.15, 0.2) is 104 Å². The van der Waals surface area contributed by atoms with Crippen LogP contribution < -0.4 is 84.9 Å². The smallest absolute Gasteiger partial charge is 0.329 e. The second-order valence-corrected chi connectivity index (χ2v) is 32.2. The van der Waals surface area contributed by atoms with Gasteiger partial charge in [-0.05, 0) is 197 Å². The van der Waals surface area contributed by atoms with Crippen LogP contribution >= 0.6 is 23.2 Å². The summed E-state index contributed by atoms with van der Waals surface area (Å²) in [4.78, 5) is 94.4. The molecule has 120 heavy (non-hydrogen) atoms. The second kappa shape index (κ2) is 44.5. The lowest BCUT2D eigenvalue weighted by Gasteiger charge is -2.26. The van der Waals surface area contributed by atoms with Crippen LogP contribution in [0.2, 0.25) is 10.0 Å². The summed E-state index contributed by atoms with van der Waals surface area (Å²) in [6.07, 6.45) is 21.8. The monoisotopic (exact) mass is 1690 g/mol. The molecule has 0 atom stereocenters. The van der Waals surface area contributed by atoms with Crippen molar-refractivity contribution in [3.8, 4) is 5.75 Å². The highest BCUT2D eigenvalue weighted by Gasteiger charge is 2.28. The minimum atomic E-state index is -0.482. The first-order valence-electron chi connectivity index (χ1n) is 40.6. The maximum Gasteiger partial charge on any atom is 0.329 e. The number of hydrogen-bond donors (Lipinski definition) is 12. The predicted octanol–water partition coefficient (Wildman–Crippen LogP) is 13.1. The topological polar surface area (TPSA) is 512 Å². The molecule has 5 heterocycles. The van der Waals surface area contributed by atoms with E-state index in [1.165, 1.54) is 37.3 Å². The number of nitrogens with two attached hydrogens (primary N) is 4. The van der Waals surface area contributed by atoms with Crippen molar-refractivity contribution in [3.05, 3.63) is 182 Å². The molecule has 4 saturated carbocycles. The summed E-state index contributed by atoms with van der Waals surface area (Å²) < 4.78 is 5.53. The van der Waals surface area contributed by atoms with Crippen LogP contribution in [-0.2, 0) is 37.4 Å². The van der Waals surface area contributed by atoms with Crippen molar-refractivity contribution in [3.63, 3.8) is 0 Å². The van der Waals surface area contributed by atoms with Gasteiger partial charge in [0.05, 0.1) is 37.0 Å². The van der Waals surface area contributed by atoms with Gasteiger partial charge in [0, 0.05) is 142 Å². The fourth-order valence-corrected chi connectivity index (χ4v) is 15.1. The molecule has 4 aromatic heterocycles. The zero-order valence-corrected chi connectivity index (χ0v) is 70.2. The molecule has 1 aliphatic heterocycles. The number of carbonyl (C=O) groups is 1. The van der Waals surface area contributed by atoms with Gasteiger partial charge in [-0.25, -0.2) is 19.9 Å². The molecule has 1 amide bonds.